The fourth-order valence-corrected chi connectivity index (χ4v) is 2.90. The standard InChI is InChI=1S/C20H25FN6O/c1-14-7-9-23-16(12-24-14)17-10-18(20(4,28)26-19(2,3)13-21)25-27(17)15-6-5-8-22-11-15/h5-6,8-12,26,28H,7,13H2,1-4H3. The molecular formula is C20H25FN6O. The molecule has 0 aromatic carbocycles. The lowest BCUT2D eigenvalue weighted by Gasteiger charge is -2.32. The van der Waals surface area contributed by atoms with Crippen molar-refractivity contribution < 1.29 is 9.50 Å². The van der Waals surface area contributed by atoms with Crippen molar-refractivity contribution in [1.82, 2.24) is 20.1 Å². The van der Waals surface area contributed by atoms with Crippen LogP contribution in [0.5, 0.6) is 0 Å². The minimum Gasteiger partial charge on any atom is -0.370 e. The van der Waals surface area contributed by atoms with Gasteiger partial charge in [-0.15, -0.1) is 0 Å². The molecule has 2 N–H and O–H groups in total. The number of aromatic nitrogens is 3. The first kappa shape index (κ1) is 20.0. The van der Waals surface area contributed by atoms with Gasteiger partial charge in [-0.3, -0.25) is 20.3 Å². The van der Waals surface area contributed by atoms with E-state index in [-0.39, 0.29) is 0 Å². The number of pyridine rings is 1. The number of nitrogens with zero attached hydrogens (tertiary/aromatic N) is 5. The number of alkyl halides is 1. The SMILES string of the molecule is CC1=NC=C(c2cc(C(C)(O)NC(C)(C)CF)nn2-c2cccnc2)N=CC1. The number of aliphatic imine (C=N–C) groups is 2. The molecule has 0 fully saturated rings. The first-order valence-electron chi connectivity index (χ1n) is 9.07. The van der Waals surface area contributed by atoms with Gasteiger partial charge in [-0.1, -0.05) is 0 Å². The van der Waals surface area contributed by atoms with Crippen LogP contribution in [0.3, 0.4) is 0 Å². The van der Waals surface area contributed by atoms with Crippen LogP contribution in [-0.2, 0) is 5.72 Å². The molecule has 0 spiro atoms. The molecule has 0 saturated carbocycles. The van der Waals surface area contributed by atoms with Crippen LogP contribution in [0, 0.1) is 0 Å². The fourth-order valence-electron chi connectivity index (χ4n) is 2.90. The molecule has 148 valence electrons. The van der Waals surface area contributed by atoms with Gasteiger partial charge in [0.25, 0.3) is 0 Å². The summed E-state index contributed by atoms with van der Waals surface area (Å²) in [5.74, 6) is 0. The highest BCUT2D eigenvalue weighted by Crippen LogP contribution is 2.27. The van der Waals surface area contributed by atoms with E-state index in [1.165, 1.54) is 0 Å². The third-order valence-electron chi connectivity index (χ3n) is 4.30. The fraction of sp³-hybridized carbons (Fsp3) is 0.400. The summed E-state index contributed by atoms with van der Waals surface area (Å²) in [6.45, 7) is 6.20. The van der Waals surface area contributed by atoms with Gasteiger partial charge in [0.05, 0.1) is 23.8 Å². The molecule has 2 aromatic heterocycles. The Morgan fingerprint density at radius 1 is 1.32 bits per heavy atom. The summed E-state index contributed by atoms with van der Waals surface area (Å²) in [5, 5.41) is 18.5. The summed E-state index contributed by atoms with van der Waals surface area (Å²) in [6, 6.07) is 5.39. The minimum absolute atomic E-state index is 0.342. The smallest absolute Gasteiger partial charge is 0.158 e. The summed E-state index contributed by atoms with van der Waals surface area (Å²) < 4.78 is 14.9. The molecule has 0 saturated heterocycles. The highest BCUT2D eigenvalue weighted by atomic mass is 19.1. The topological polar surface area (TPSA) is 87.7 Å². The highest BCUT2D eigenvalue weighted by Gasteiger charge is 2.34. The van der Waals surface area contributed by atoms with Crippen molar-refractivity contribution in [3.8, 4) is 5.69 Å². The molecule has 28 heavy (non-hydrogen) atoms. The summed E-state index contributed by atoms with van der Waals surface area (Å²) in [5.41, 5.74) is 0.802. The van der Waals surface area contributed by atoms with Crippen LogP contribution in [0.15, 0.2) is 46.8 Å². The predicted molar refractivity (Wildman–Crippen MR) is 108 cm³/mol. The molecule has 0 amide bonds. The van der Waals surface area contributed by atoms with Crippen LogP contribution in [0.1, 0.15) is 45.5 Å². The number of hydrogen-bond acceptors (Lipinski definition) is 6. The Balaban J connectivity index is 2.11. The van der Waals surface area contributed by atoms with E-state index in [1.54, 1.807) is 62.4 Å². The molecule has 2 aromatic rings. The maximum Gasteiger partial charge on any atom is 0.158 e. The summed E-state index contributed by atoms with van der Waals surface area (Å²) in [7, 11) is 0. The largest absolute Gasteiger partial charge is 0.370 e. The van der Waals surface area contributed by atoms with Gasteiger partial charge in [0.1, 0.15) is 18.1 Å². The van der Waals surface area contributed by atoms with Gasteiger partial charge in [0, 0.05) is 30.1 Å². The Labute approximate surface area is 163 Å². The van der Waals surface area contributed by atoms with E-state index in [0.29, 0.717) is 29.2 Å². The third-order valence-corrected chi connectivity index (χ3v) is 4.30. The Hall–Kier alpha value is -2.71. The monoisotopic (exact) mass is 384 g/mol. The molecule has 3 heterocycles. The van der Waals surface area contributed by atoms with E-state index in [0.717, 1.165) is 5.71 Å². The molecule has 8 heteroatoms. The Morgan fingerprint density at radius 3 is 2.79 bits per heavy atom. The lowest BCUT2D eigenvalue weighted by atomic mass is 10.0. The average molecular weight is 384 g/mol. The number of rotatable bonds is 6. The van der Waals surface area contributed by atoms with Crippen LogP contribution in [0.25, 0.3) is 11.4 Å². The quantitative estimate of drug-likeness (QED) is 0.750. The van der Waals surface area contributed by atoms with Gasteiger partial charge in [0.2, 0.25) is 0 Å². The van der Waals surface area contributed by atoms with Crippen LogP contribution in [0.4, 0.5) is 4.39 Å². The summed E-state index contributed by atoms with van der Waals surface area (Å²) >= 11 is 0. The third kappa shape index (κ3) is 4.40. The molecule has 0 radical (unpaired) electrons. The van der Waals surface area contributed by atoms with Gasteiger partial charge < -0.3 is 5.11 Å². The number of halogens is 1. The van der Waals surface area contributed by atoms with Crippen molar-refractivity contribution in [2.75, 3.05) is 6.67 Å². The zero-order valence-electron chi connectivity index (χ0n) is 16.5. The number of hydrogen-bond donors (Lipinski definition) is 2. The lowest BCUT2D eigenvalue weighted by molar-refractivity contribution is -0.0162. The Bertz CT molecular complexity index is 927. The second-order valence-corrected chi connectivity index (χ2v) is 7.65. The van der Waals surface area contributed by atoms with Gasteiger partial charge >= 0.3 is 0 Å². The Kier molecular flexibility index (Phi) is 5.53. The van der Waals surface area contributed by atoms with Crippen LogP contribution in [0.2, 0.25) is 0 Å². The minimum atomic E-state index is -1.55. The van der Waals surface area contributed by atoms with E-state index >= 15 is 0 Å². The lowest BCUT2D eigenvalue weighted by Crippen LogP contribution is -2.53. The molecular weight excluding hydrogens is 359 g/mol. The van der Waals surface area contributed by atoms with Gasteiger partial charge in [-0.25, -0.2) is 9.07 Å². The van der Waals surface area contributed by atoms with Crippen molar-refractivity contribution >= 4 is 17.6 Å². The normalized spacial score (nSPS) is 16.9. The maximum atomic E-state index is 13.3. The molecule has 0 bridgehead atoms. The van der Waals surface area contributed by atoms with Gasteiger partial charge in [-0.05, 0) is 45.9 Å². The second-order valence-electron chi connectivity index (χ2n) is 7.65. The molecule has 1 atom stereocenters. The molecule has 1 aliphatic rings. The van der Waals surface area contributed by atoms with Crippen molar-refractivity contribution in [2.45, 2.75) is 45.4 Å². The van der Waals surface area contributed by atoms with Crippen LogP contribution in [-0.4, -0.2) is 44.0 Å². The predicted octanol–water partition coefficient (Wildman–Crippen LogP) is 3.00. The van der Waals surface area contributed by atoms with E-state index < -0.39 is 17.9 Å². The van der Waals surface area contributed by atoms with Crippen molar-refractivity contribution in [3.05, 3.63) is 48.2 Å². The van der Waals surface area contributed by atoms with Crippen molar-refractivity contribution in [2.24, 2.45) is 9.98 Å². The average Bonchev–Trinajstić information content (AvgIpc) is 3.00. The highest BCUT2D eigenvalue weighted by molar-refractivity contribution is 5.97. The van der Waals surface area contributed by atoms with Crippen LogP contribution >= 0.6 is 0 Å². The first-order valence-corrected chi connectivity index (χ1v) is 9.07. The zero-order valence-corrected chi connectivity index (χ0v) is 16.5. The number of nitrogens with one attached hydrogen (secondary N) is 1. The molecule has 7 nitrogen and oxygen atoms in total. The van der Waals surface area contributed by atoms with E-state index in [2.05, 4.69) is 25.4 Å². The van der Waals surface area contributed by atoms with Crippen molar-refractivity contribution in [1.29, 1.82) is 0 Å². The van der Waals surface area contributed by atoms with E-state index in [1.807, 2.05) is 13.0 Å². The van der Waals surface area contributed by atoms with E-state index in [9.17, 15) is 9.50 Å². The molecule has 0 aliphatic carbocycles. The molecule has 1 aliphatic heterocycles. The summed E-state index contributed by atoms with van der Waals surface area (Å²) in [4.78, 5) is 13.0. The Morgan fingerprint density at radius 2 is 2.11 bits per heavy atom. The maximum absolute atomic E-state index is 13.3. The second kappa shape index (κ2) is 7.73. The first-order chi connectivity index (χ1) is 13.2. The zero-order chi connectivity index (χ0) is 20.4. The summed E-state index contributed by atoms with van der Waals surface area (Å²) in [6.07, 6.45) is 7.48. The molecule has 3 rings (SSSR count). The number of aliphatic hydroxyl groups is 1. The van der Waals surface area contributed by atoms with Gasteiger partial charge in [0.15, 0.2) is 5.72 Å². The van der Waals surface area contributed by atoms with Gasteiger partial charge in [-0.2, -0.15) is 5.10 Å². The van der Waals surface area contributed by atoms with Crippen molar-refractivity contribution in [3.63, 3.8) is 0 Å². The van der Waals surface area contributed by atoms with Crippen LogP contribution < -0.4 is 5.32 Å². The van der Waals surface area contributed by atoms with E-state index in [4.69, 9.17) is 0 Å². The molecule has 1 unspecified atom stereocenters.